The van der Waals surface area contributed by atoms with Crippen molar-refractivity contribution in [1.82, 2.24) is 10.6 Å². The van der Waals surface area contributed by atoms with E-state index in [4.69, 9.17) is 10.6 Å². The fourth-order valence-electron chi connectivity index (χ4n) is 2.24. The van der Waals surface area contributed by atoms with Crippen LogP contribution in [0.4, 0.5) is 11.4 Å². The largest absolute Gasteiger partial charge is 0.255 e. The second-order valence-corrected chi connectivity index (χ2v) is 4.86. The summed E-state index contributed by atoms with van der Waals surface area (Å²) in [5.74, 6) is 0. The minimum atomic E-state index is -0.577. The van der Waals surface area contributed by atoms with E-state index in [2.05, 4.69) is 13.2 Å². The van der Waals surface area contributed by atoms with Crippen LogP contribution in [0.15, 0.2) is 86.0 Å². The van der Waals surface area contributed by atoms with Gasteiger partial charge in [0.2, 0.25) is 0 Å². The lowest BCUT2D eigenvalue weighted by Crippen LogP contribution is -2.44. The highest BCUT2D eigenvalue weighted by atomic mass is 15.2. The second kappa shape index (κ2) is 7.34. The molecule has 2 aromatic carbocycles. The highest BCUT2D eigenvalue weighted by Crippen LogP contribution is 2.26. The summed E-state index contributed by atoms with van der Waals surface area (Å²) in [7, 11) is 0. The standard InChI is InChI=1S/C19H20N2/c1-3-15-19(16-4-2,20-17-11-7-5-8-12-17)21-18-13-9-6-10-14-18/h3-14H,1-2,15-16H2. The molecule has 2 heteroatoms. The van der Waals surface area contributed by atoms with Crippen molar-refractivity contribution >= 4 is 11.4 Å². The maximum Gasteiger partial charge on any atom is 0.158 e. The zero-order valence-corrected chi connectivity index (χ0v) is 12.2. The van der Waals surface area contributed by atoms with Crippen LogP contribution in [0.25, 0.3) is 0 Å². The van der Waals surface area contributed by atoms with E-state index in [9.17, 15) is 0 Å². The summed E-state index contributed by atoms with van der Waals surface area (Å²) < 4.78 is 0. The predicted octanol–water partition coefficient (Wildman–Crippen LogP) is 4.71. The molecular formula is C19H20N2. The van der Waals surface area contributed by atoms with Crippen molar-refractivity contribution < 1.29 is 0 Å². The zero-order valence-electron chi connectivity index (χ0n) is 12.2. The molecule has 106 valence electrons. The Labute approximate surface area is 127 Å². The molecule has 2 radical (unpaired) electrons. The maximum atomic E-state index is 4.86. The summed E-state index contributed by atoms with van der Waals surface area (Å²) in [5.41, 5.74) is 1.26. The minimum Gasteiger partial charge on any atom is -0.255 e. The van der Waals surface area contributed by atoms with Gasteiger partial charge in [0, 0.05) is 12.8 Å². The van der Waals surface area contributed by atoms with Gasteiger partial charge in [-0.05, 0) is 24.3 Å². The van der Waals surface area contributed by atoms with Crippen LogP contribution in [0, 0.1) is 0 Å². The summed E-state index contributed by atoms with van der Waals surface area (Å²) in [5, 5.41) is 9.71. The van der Waals surface area contributed by atoms with E-state index in [1.807, 2.05) is 72.8 Å². The molecule has 0 N–H and O–H groups in total. The summed E-state index contributed by atoms with van der Waals surface area (Å²) in [6.07, 6.45) is 5.07. The molecule has 0 fully saturated rings. The van der Waals surface area contributed by atoms with E-state index in [0.29, 0.717) is 12.8 Å². The topological polar surface area (TPSA) is 28.2 Å². The van der Waals surface area contributed by atoms with Crippen LogP contribution in [0.5, 0.6) is 0 Å². The Morgan fingerprint density at radius 3 is 1.43 bits per heavy atom. The molecule has 2 aromatic rings. The third kappa shape index (κ3) is 4.25. The van der Waals surface area contributed by atoms with Crippen LogP contribution in [-0.2, 0) is 0 Å². The van der Waals surface area contributed by atoms with Gasteiger partial charge in [-0.3, -0.25) is 10.6 Å². The molecule has 2 nitrogen and oxygen atoms in total. The summed E-state index contributed by atoms with van der Waals surface area (Å²) in [6.45, 7) is 7.71. The van der Waals surface area contributed by atoms with Crippen molar-refractivity contribution in [2.45, 2.75) is 18.5 Å². The quantitative estimate of drug-likeness (QED) is 0.625. The van der Waals surface area contributed by atoms with Gasteiger partial charge >= 0.3 is 0 Å². The molecule has 2 rings (SSSR count). The third-order valence-electron chi connectivity index (χ3n) is 3.13. The molecule has 0 aliphatic rings. The van der Waals surface area contributed by atoms with Crippen LogP contribution < -0.4 is 10.6 Å². The smallest absolute Gasteiger partial charge is 0.158 e. The van der Waals surface area contributed by atoms with E-state index in [1.54, 1.807) is 0 Å². The zero-order chi connectivity index (χ0) is 15.0. The summed E-state index contributed by atoms with van der Waals surface area (Å²) in [6, 6.07) is 19.8. The number of para-hydroxylation sites is 2. The normalized spacial score (nSPS) is 10.7. The molecule has 0 aromatic heterocycles. The van der Waals surface area contributed by atoms with E-state index >= 15 is 0 Å². The minimum absolute atomic E-state index is 0.577. The molecule has 0 aliphatic heterocycles. The molecule has 0 aliphatic carbocycles. The van der Waals surface area contributed by atoms with Crippen molar-refractivity contribution in [2.75, 3.05) is 0 Å². The lowest BCUT2D eigenvalue weighted by molar-refractivity contribution is 0.324. The van der Waals surface area contributed by atoms with Gasteiger partial charge in [0.05, 0.1) is 11.4 Å². The van der Waals surface area contributed by atoms with Crippen molar-refractivity contribution in [3.05, 3.63) is 86.0 Å². The van der Waals surface area contributed by atoms with Gasteiger partial charge in [0.15, 0.2) is 5.66 Å². The monoisotopic (exact) mass is 276 g/mol. The fourth-order valence-corrected chi connectivity index (χ4v) is 2.24. The molecule has 21 heavy (non-hydrogen) atoms. The summed E-state index contributed by atoms with van der Waals surface area (Å²) >= 11 is 0. The Morgan fingerprint density at radius 1 is 0.714 bits per heavy atom. The Balaban J connectivity index is 2.27. The van der Waals surface area contributed by atoms with Crippen LogP contribution in [0.3, 0.4) is 0 Å². The number of hydrogen-bond donors (Lipinski definition) is 0. The van der Waals surface area contributed by atoms with Gasteiger partial charge in [-0.2, -0.15) is 0 Å². The van der Waals surface area contributed by atoms with Gasteiger partial charge in [-0.25, -0.2) is 0 Å². The number of hydrogen-bond acceptors (Lipinski definition) is 0. The molecule has 0 heterocycles. The van der Waals surface area contributed by atoms with Gasteiger partial charge in [0.1, 0.15) is 0 Å². The predicted molar refractivity (Wildman–Crippen MR) is 88.8 cm³/mol. The number of benzene rings is 2. The average molecular weight is 276 g/mol. The van der Waals surface area contributed by atoms with E-state index < -0.39 is 5.66 Å². The van der Waals surface area contributed by atoms with Crippen molar-refractivity contribution in [2.24, 2.45) is 0 Å². The first-order valence-corrected chi connectivity index (χ1v) is 7.06. The number of rotatable bonds is 8. The van der Waals surface area contributed by atoms with Crippen LogP contribution in [0.1, 0.15) is 12.8 Å². The highest BCUT2D eigenvalue weighted by molar-refractivity contribution is 5.40. The molecule has 0 bridgehead atoms. The van der Waals surface area contributed by atoms with E-state index in [1.165, 1.54) is 0 Å². The molecule has 0 atom stereocenters. The first-order chi connectivity index (χ1) is 10.3. The molecule has 0 saturated carbocycles. The fraction of sp³-hybridized carbons (Fsp3) is 0.158. The van der Waals surface area contributed by atoms with Crippen LogP contribution in [-0.4, -0.2) is 5.66 Å². The van der Waals surface area contributed by atoms with Gasteiger partial charge in [-0.1, -0.05) is 48.6 Å². The third-order valence-corrected chi connectivity index (χ3v) is 3.13. The molecule has 0 saturated heterocycles. The van der Waals surface area contributed by atoms with Crippen LogP contribution in [0.2, 0.25) is 0 Å². The molecule has 0 amide bonds. The molecule has 0 unspecified atom stereocenters. The SMILES string of the molecule is C=CCC(CC=C)([N]c1ccccc1)[N]c1ccccc1. The van der Waals surface area contributed by atoms with Gasteiger partial charge in [0.25, 0.3) is 0 Å². The van der Waals surface area contributed by atoms with Crippen LogP contribution >= 0.6 is 0 Å². The van der Waals surface area contributed by atoms with Crippen molar-refractivity contribution in [3.63, 3.8) is 0 Å². The molecule has 0 spiro atoms. The van der Waals surface area contributed by atoms with Gasteiger partial charge < -0.3 is 0 Å². The lowest BCUT2D eigenvalue weighted by atomic mass is 10.00. The van der Waals surface area contributed by atoms with E-state index in [0.717, 1.165) is 11.4 Å². The first kappa shape index (κ1) is 14.9. The Morgan fingerprint density at radius 2 is 1.10 bits per heavy atom. The Bertz CT molecular complexity index is 507. The summed E-state index contributed by atoms with van der Waals surface area (Å²) in [4.78, 5) is 0. The molecular weight excluding hydrogens is 256 g/mol. The lowest BCUT2D eigenvalue weighted by Gasteiger charge is -2.31. The Hall–Kier alpha value is -2.48. The van der Waals surface area contributed by atoms with E-state index in [-0.39, 0.29) is 0 Å². The first-order valence-electron chi connectivity index (χ1n) is 7.06. The Kier molecular flexibility index (Phi) is 5.22. The average Bonchev–Trinajstić information content (AvgIpc) is 2.50. The maximum absolute atomic E-state index is 4.86. The van der Waals surface area contributed by atoms with Crippen molar-refractivity contribution in [1.29, 1.82) is 0 Å². The number of nitrogens with zero attached hydrogens (tertiary/aromatic N) is 2. The second-order valence-electron chi connectivity index (χ2n) is 4.86. The van der Waals surface area contributed by atoms with Crippen molar-refractivity contribution in [3.8, 4) is 0 Å². The highest BCUT2D eigenvalue weighted by Gasteiger charge is 2.31. The van der Waals surface area contributed by atoms with Gasteiger partial charge in [-0.15, -0.1) is 13.2 Å².